The molecule has 8 heteroatoms. The first-order chi connectivity index (χ1) is 13.0. The van der Waals surface area contributed by atoms with E-state index in [1.807, 2.05) is 18.2 Å². The maximum Gasteiger partial charge on any atom is 0.322 e. The Kier molecular flexibility index (Phi) is 5.56. The van der Waals surface area contributed by atoms with Gasteiger partial charge >= 0.3 is 6.03 Å². The van der Waals surface area contributed by atoms with Crippen LogP contribution in [0.4, 0.5) is 16.2 Å². The lowest BCUT2D eigenvalue weighted by Crippen LogP contribution is -2.37. The third-order valence-corrected chi connectivity index (χ3v) is 4.44. The monoisotopic (exact) mass is 370 g/mol. The van der Waals surface area contributed by atoms with Crippen molar-refractivity contribution in [1.29, 1.82) is 0 Å². The highest BCUT2D eigenvalue weighted by Crippen LogP contribution is 2.33. The molecule has 0 bridgehead atoms. The van der Waals surface area contributed by atoms with Crippen LogP contribution in [0.15, 0.2) is 42.6 Å². The summed E-state index contributed by atoms with van der Waals surface area (Å²) in [4.78, 5) is 31.9. The molecule has 1 aliphatic heterocycles. The van der Waals surface area contributed by atoms with E-state index in [0.717, 1.165) is 5.69 Å². The fourth-order valence-corrected chi connectivity index (χ4v) is 2.83. The van der Waals surface area contributed by atoms with Gasteiger partial charge in [-0.1, -0.05) is 6.07 Å². The summed E-state index contributed by atoms with van der Waals surface area (Å²) in [5, 5.41) is 2.85. The van der Waals surface area contributed by atoms with E-state index in [9.17, 15) is 9.59 Å². The Morgan fingerprint density at radius 1 is 1.41 bits per heavy atom. The molecule has 0 saturated heterocycles. The molecule has 1 unspecified atom stereocenters. The molecule has 3 rings (SSSR count). The maximum absolute atomic E-state index is 12.7. The Bertz CT molecular complexity index is 828. The molecule has 1 aliphatic rings. The van der Waals surface area contributed by atoms with E-state index in [1.54, 1.807) is 45.6 Å². The number of amides is 3. The molecule has 1 aromatic carbocycles. The Morgan fingerprint density at radius 2 is 2.22 bits per heavy atom. The molecule has 8 nitrogen and oxygen atoms in total. The number of pyridine rings is 1. The number of fused-ring (bicyclic) bond motifs is 1. The van der Waals surface area contributed by atoms with E-state index in [1.165, 1.54) is 9.80 Å². The second-order valence-corrected chi connectivity index (χ2v) is 6.19. The molecule has 0 saturated carbocycles. The van der Waals surface area contributed by atoms with Crippen molar-refractivity contribution in [3.8, 4) is 5.75 Å². The summed E-state index contributed by atoms with van der Waals surface area (Å²) in [6, 6.07) is 10.1. The number of likely N-dealkylation sites (N-methyl/N-ethyl adjacent to an activating group) is 2. The molecular formula is C19H22N4O4. The molecule has 142 valence electrons. The van der Waals surface area contributed by atoms with Crippen molar-refractivity contribution in [2.24, 2.45) is 0 Å². The number of rotatable bonds is 5. The summed E-state index contributed by atoms with van der Waals surface area (Å²) in [5.41, 5.74) is 1.92. The van der Waals surface area contributed by atoms with Gasteiger partial charge in [-0.05, 0) is 30.3 Å². The van der Waals surface area contributed by atoms with Crippen molar-refractivity contribution in [1.82, 2.24) is 9.88 Å². The number of nitrogens with one attached hydrogen (secondary N) is 1. The third-order valence-electron chi connectivity index (χ3n) is 4.44. The Morgan fingerprint density at radius 3 is 2.93 bits per heavy atom. The van der Waals surface area contributed by atoms with Crippen molar-refractivity contribution >= 4 is 23.3 Å². The molecule has 0 spiro atoms. The summed E-state index contributed by atoms with van der Waals surface area (Å²) in [6.45, 7) is 0.330. The number of hydrogen-bond donors (Lipinski definition) is 1. The summed E-state index contributed by atoms with van der Waals surface area (Å²) in [6.07, 6.45) is 1.68. The molecule has 2 heterocycles. The number of anilines is 2. The van der Waals surface area contributed by atoms with E-state index in [2.05, 4.69) is 10.3 Å². The van der Waals surface area contributed by atoms with Crippen LogP contribution in [-0.4, -0.2) is 56.2 Å². The lowest BCUT2D eigenvalue weighted by molar-refractivity contribution is -0.120. The van der Waals surface area contributed by atoms with Crippen molar-refractivity contribution in [3.05, 3.63) is 48.3 Å². The van der Waals surface area contributed by atoms with Gasteiger partial charge in [-0.2, -0.15) is 0 Å². The number of methoxy groups -OCH3 is 1. The molecule has 2 aromatic rings. The number of nitrogens with zero attached hydrogens (tertiary/aromatic N) is 3. The molecule has 3 amide bonds. The Labute approximate surface area is 157 Å². The maximum atomic E-state index is 12.7. The van der Waals surface area contributed by atoms with Crippen molar-refractivity contribution in [3.63, 3.8) is 0 Å². The van der Waals surface area contributed by atoms with Crippen molar-refractivity contribution in [2.75, 3.05) is 44.6 Å². The van der Waals surface area contributed by atoms with Crippen LogP contribution in [0.3, 0.4) is 0 Å². The lowest BCUT2D eigenvalue weighted by atomic mass is 10.2. The lowest BCUT2D eigenvalue weighted by Gasteiger charge is -2.28. The summed E-state index contributed by atoms with van der Waals surface area (Å²) in [5.74, 6) is 0.465. The van der Waals surface area contributed by atoms with Gasteiger partial charge in [0, 0.05) is 33.1 Å². The van der Waals surface area contributed by atoms with Gasteiger partial charge in [0.2, 0.25) is 0 Å². The number of benzene rings is 1. The quantitative estimate of drug-likeness (QED) is 0.873. The van der Waals surface area contributed by atoms with Crippen LogP contribution < -0.4 is 15.0 Å². The minimum atomic E-state index is -0.332. The molecule has 1 N–H and O–H groups in total. The van der Waals surface area contributed by atoms with E-state index in [-0.39, 0.29) is 24.6 Å². The number of carbonyl (C=O) groups is 2. The van der Waals surface area contributed by atoms with Gasteiger partial charge in [0.15, 0.2) is 6.61 Å². The second-order valence-electron chi connectivity index (χ2n) is 6.19. The van der Waals surface area contributed by atoms with Gasteiger partial charge in [-0.3, -0.25) is 9.78 Å². The highest BCUT2D eigenvalue weighted by molar-refractivity contribution is 5.99. The summed E-state index contributed by atoms with van der Waals surface area (Å²) < 4.78 is 10.7. The molecule has 1 atom stereocenters. The van der Waals surface area contributed by atoms with Crippen LogP contribution in [0.1, 0.15) is 11.7 Å². The van der Waals surface area contributed by atoms with Gasteiger partial charge in [0.25, 0.3) is 5.91 Å². The number of hydrogen-bond acceptors (Lipinski definition) is 5. The van der Waals surface area contributed by atoms with E-state index < -0.39 is 0 Å². The van der Waals surface area contributed by atoms with Gasteiger partial charge in [-0.25, -0.2) is 4.79 Å². The Hall–Kier alpha value is -3.13. The van der Waals surface area contributed by atoms with E-state index in [4.69, 9.17) is 9.47 Å². The van der Waals surface area contributed by atoms with E-state index in [0.29, 0.717) is 23.7 Å². The van der Waals surface area contributed by atoms with Crippen LogP contribution in [0.2, 0.25) is 0 Å². The predicted molar refractivity (Wildman–Crippen MR) is 101 cm³/mol. The number of ether oxygens (including phenoxy) is 2. The van der Waals surface area contributed by atoms with Gasteiger partial charge in [0.05, 0.1) is 24.0 Å². The highest BCUT2D eigenvalue weighted by Gasteiger charge is 2.25. The largest absolute Gasteiger partial charge is 0.482 e. The van der Waals surface area contributed by atoms with Crippen LogP contribution >= 0.6 is 0 Å². The first-order valence-electron chi connectivity index (χ1n) is 8.48. The molecule has 0 fully saturated rings. The fourth-order valence-electron chi connectivity index (χ4n) is 2.83. The summed E-state index contributed by atoms with van der Waals surface area (Å²) in [7, 11) is 4.94. The zero-order chi connectivity index (χ0) is 19.4. The first-order valence-corrected chi connectivity index (χ1v) is 8.48. The van der Waals surface area contributed by atoms with Crippen LogP contribution in [-0.2, 0) is 9.53 Å². The SMILES string of the molecule is COCC(c1ccccn1)N(C)C(=O)Nc1ccc2c(c1)N(C)C(=O)CO2. The second kappa shape index (κ2) is 8.05. The molecular weight excluding hydrogens is 348 g/mol. The number of carbonyl (C=O) groups excluding carboxylic acids is 2. The first kappa shape index (κ1) is 18.7. The fraction of sp³-hybridized carbons (Fsp3) is 0.316. The normalized spacial score (nSPS) is 14.2. The molecule has 27 heavy (non-hydrogen) atoms. The van der Waals surface area contributed by atoms with Crippen LogP contribution in [0, 0.1) is 0 Å². The zero-order valence-corrected chi connectivity index (χ0v) is 15.5. The summed E-state index contributed by atoms with van der Waals surface area (Å²) >= 11 is 0. The molecule has 0 aliphatic carbocycles. The zero-order valence-electron chi connectivity index (χ0n) is 15.5. The van der Waals surface area contributed by atoms with Gasteiger partial charge in [-0.15, -0.1) is 0 Å². The van der Waals surface area contributed by atoms with Gasteiger partial charge < -0.3 is 24.6 Å². The van der Waals surface area contributed by atoms with Gasteiger partial charge in [0.1, 0.15) is 5.75 Å². The van der Waals surface area contributed by atoms with Crippen LogP contribution in [0.25, 0.3) is 0 Å². The van der Waals surface area contributed by atoms with Crippen molar-refractivity contribution < 1.29 is 19.1 Å². The van der Waals surface area contributed by atoms with Crippen molar-refractivity contribution in [2.45, 2.75) is 6.04 Å². The average Bonchev–Trinajstić information content (AvgIpc) is 2.69. The number of urea groups is 1. The smallest absolute Gasteiger partial charge is 0.322 e. The third kappa shape index (κ3) is 4.01. The molecule has 1 aromatic heterocycles. The topological polar surface area (TPSA) is 84.0 Å². The Balaban J connectivity index is 1.77. The van der Waals surface area contributed by atoms with Crippen LogP contribution in [0.5, 0.6) is 5.75 Å². The average molecular weight is 370 g/mol. The minimum Gasteiger partial charge on any atom is -0.482 e. The molecule has 0 radical (unpaired) electrons. The standard InChI is InChI=1S/C19H22N4O4/c1-22-15-10-13(7-8-17(15)27-12-18(22)24)21-19(25)23(2)16(11-26-3)14-6-4-5-9-20-14/h4-10,16H,11-12H2,1-3H3,(H,21,25). The predicted octanol–water partition coefficient (Wildman–Crippen LogP) is 2.29. The van der Waals surface area contributed by atoms with E-state index >= 15 is 0 Å². The highest BCUT2D eigenvalue weighted by atomic mass is 16.5. The number of aromatic nitrogens is 1. The minimum absolute atomic E-state index is 0.0146.